The van der Waals surface area contributed by atoms with E-state index in [0.717, 1.165) is 13.1 Å². The summed E-state index contributed by atoms with van der Waals surface area (Å²) in [4.78, 5) is 30.5. The van der Waals surface area contributed by atoms with Crippen molar-refractivity contribution in [3.8, 4) is 0 Å². The van der Waals surface area contributed by atoms with Gasteiger partial charge >= 0.3 is 0 Å². The second-order valence-corrected chi connectivity index (χ2v) is 8.14. The van der Waals surface area contributed by atoms with Crippen LogP contribution in [0, 0.1) is 19.7 Å². The highest BCUT2D eigenvalue weighted by atomic mass is 19.1. The molecular formula is C23H27FN4O4. The molecule has 4 N–H and O–H groups in total. The van der Waals surface area contributed by atoms with Crippen molar-refractivity contribution in [3.63, 3.8) is 0 Å². The Hall–Kier alpha value is -3.01. The van der Waals surface area contributed by atoms with Crippen LogP contribution in [0.15, 0.2) is 18.2 Å². The number of aliphatic hydroxyl groups excluding tert-OH is 1. The van der Waals surface area contributed by atoms with Crippen LogP contribution in [-0.4, -0.2) is 72.3 Å². The SMILES string of the molecule is Cc1[nH]c(C=C2c3cc(F)ccc3N[14C]2=O)c(C)c1C(=O)NC[C@H](O)CN1CCOCC1. The molecule has 0 aliphatic carbocycles. The lowest BCUT2D eigenvalue weighted by molar-refractivity contribution is -0.110. The molecule has 1 aromatic carbocycles. The van der Waals surface area contributed by atoms with Crippen LogP contribution in [0.2, 0.25) is 0 Å². The Bertz CT molecular complexity index is 1070. The topological polar surface area (TPSA) is 107 Å². The second kappa shape index (κ2) is 9.23. The van der Waals surface area contributed by atoms with Gasteiger partial charge in [-0.2, -0.15) is 0 Å². The van der Waals surface area contributed by atoms with E-state index in [-0.39, 0.29) is 18.4 Å². The van der Waals surface area contributed by atoms with Gasteiger partial charge in [-0.3, -0.25) is 14.5 Å². The summed E-state index contributed by atoms with van der Waals surface area (Å²) in [6.07, 6.45) is 0.944. The highest BCUT2D eigenvalue weighted by Gasteiger charge is 2.26. The molecule has 0 bridgehead atoms. The summed E-state index contributed by atoms with van der Waals surface area (Å²) >= 11 is 0. The van der Waals surface area contributed by atoms with Crippen LogP contribution in [0.25, 0.3) is 11.6 Å². The number of hydrogen-bond donors (Lipinski definition) is 4. The van der Waals surface area contributed by atoms with E-state index in [9.17, 15) is 19.1 Å². The summed E-state index contributed by atoms with van der Waals surface area (Å²) in [6.45, 7) is 6.98. The van der Waals surface area contributed by atoms with E-state index in [1.807, 2.05) is 0 Å². The number of hydrogen-bond acceptors (Lipinski definition) is 5. The molecule has 1 saturated heterocycles. The van der Waals surface area contributed by atoms with Crippen LogP contribution in [-0.2, 0) is 9.53 Å². The first-order valence-electron chi connectivity index (χ1n) is 10.6. The van der Waals surface area contributed by atoms with Gasteiger partial charge < -0.3 is 25.5 Å². The van der Waals surface area contributed by atoms with Crippen molar-refractivity contribution in [1.82, 2.24) is 15.2 Å². The van der Waals surface area contributed by atoms with Gasteiger partial charge in [0.25, 0.3) is 11.8 Å². The number of halogens is 1. The summed E-state index contributed by atoms with van der Waals surface area (Å²) in [7, 11) is 0. The number of aryl methyl sites for hydroxylation is 1. The quantitative estimate of drug-likeness (QED) is 0.508. The highest BCUT2D eigenvalue weighted by molar-refractivity contribution is 6.34. The number of anilines is 1. The number of rotatable bonds is 6. The molecule has 0 saturated carbocycles. The number of aromatic nitrogens is 1. The van der Waals surface area contributed by atoms with E-state index in [0.29, 0.717) is 59.1 Å². The van der Waals surface area contributed by atoms with Gasteiger partial charge in [-0.25, -0.2) is 4.39 Å². The van der Waals surface area contributed by atoms with Gasteiger partial charge in [0.1, 0.15) is 5.82 Å². The zero-order valence-corrected chi connectivity index (χ0v) is 18.1. The van der Waals surface area contributed by atoms with Crippen LogP contribution in [0.4, 0.5) is 10.1 Å². The average molecular weight is 444 g/mol. The fourth-order valence-corrected chi connectivity index (χ4v) is 4.15. The molecule has 8 nitrogen and oxygen atoms in total. The molecule has 4 rings (SSSR count). The maximum Gasteiger partial charge on any atom is 0.256 e. The van der Waals surface area contributed by atoms with E-state index in [1.54, 1.807) is 19.9 Å². The Kier molecular flexibility index (Phi) is 6.40. The predicted octanol–water partition coefficient (Wildman–Crippen LogP) is 1.69. The number of nitrogens with one attached hydrogen (secondary N) is 3. The van der Waals surface area contributed by atoms with Crippen molar-refractivity contribution in [2.45, 2.75) is 20.0 Å². The molecule has 2 amide bonds. The Morgan fingerprint density at radius 1 is 1.38 bits per heavy atom. The molecule has 2 aliphatic rings. The van der Waals surface area contributed by atoms with Gasteiger partial charge in [0.05, 0.1) is 30.5 Å². The van der Waals surface area contributed by atoms with Crippen molar-refractivity contribution in [2.75, 3.05) is 44.7 Å². The first-order valence-corrected chi connectivity index (χ1v) is 10.6. The number of aromatic amines is 1. The number of aliphatic hydroxyl groups is 1. The Morgan fingerprint density at radius 2 is 2.12 bits per heavy atom. The lowest BCUT2D eigenvalue weighted by Gasteiger charge is -2.28. The molecule has 9 heteroatoms. The monoisotopic (exact) mass is 444 g/mol. The number of ether oxygens (including phenoxy) is 1. The Labute approximate surface area is 185 Å². The molecule has 2 aliphatic heterocycles. The summed E-state index contributed by atoms with van der Waals surface area (Å²) in [6, 6.07) is 4.13. The standard InChI is InChI=1S/C23H27FN4O4/c1-13-20(10-18-17-9-15(24)3-4-19(17)27-22(18)30)26-14(2)21(13)23(31)25-11-16(29)12-28-5-7-32-8-6-28/h3-4,9-10,16,26,29H,5-8,11-12H2,1-2H3,(H,25,31)(H,27,30)/t16-/m0/s1/i22+2. The number of H-pyrrole nitrogens is 1. The maximum atomic E-state index is 13.7. The molecule has 2 aromatic rings. The van der Waals surface area contributed by atoms with Crippen molar-refractivity contribution in [1.29, 1.82) is 0 Å². The number of fused-ring (bicyclic) bond motifs is 1. The maximum absolute atomic E-state index is 13.7. The minimum Gasteiger partial charge on any atom is -0.390 e. The molecule has 0 spiro atoms. The smallest absolute Gasteiger partial charge is 0.256 e. The van der Waals surface area contributed by atoms with Crippen LogP contribution in [0.1, 0.15) is 32.9 Å². The van der Waals surface area contributed by atoms with Crippen LogP contribution < -0.4 is 10.6 Å². The molecule has 1 fully saturated rings. The Morgan fingerprint density at radius 3 is 2.88 bits per heavy atom. The van der Waals surface area contributed by atoms with Gasteiger partial charge in [0, 0.05) is 48.8 Å². The molecule has 0 unspecified atom stereocenters. The van der Waals surface area contributed by atoms with Gasteiger partial charge in [-0.1, -0.05) is 0 Å². The minimum absolute atomic E-state index is 0.131. The summed E-state index contributed by atoms with van der Waals surface area (Å²) < 4.78 is 19.0. The first-order chi connectivity index (χ1) is 15.3. The number of benzene rings is 1. The minimum atomic E-state index is -0.688. The van der Waals surface area contributed by atoms with Crippen LogP contribution >= 0.6 is 0 Å². The number of morpholine rings is 1. The normalized spacial score (nSPS) is 18.5. The largest absolute Gasteiger partial charge is 0.390 e. The fourth-order valence-electron chi connectivity index (χ4n) is 4.15. The van der Waals surface area contributed by atoms with Crippen molar-refractivity contribution in [2.24, 2.45) is 0 Å². The molecule has 1 atom stereocenters. The third kappa shape index (κ3) is 4.59. The zero-order chi connectivity index (χ0) is 22.8. The lowest BCUT2D eigenvalue weighted by atomic mass is 10.1. The van der Waals surface area contributed by atoms with Gasteiger partial charge in [0.2, 0.25) is 0 Å². The first kappa shape index (κ1) is 22.2. The van der Waals surface area contributed by atoms with Crippen LogP contribution in [0.3, 0.4) is 0 Å². The third-order valence-corrected chi connectivity index (χ3v) is 5.83. The van der Waals surface area contributed by atoms with E-state index in [4.69, 9.17) is 4.74 Å². The van der Waals surface area contributed by atoms with Crippen LogP contribution in [0.5, 0.6) is 0 Å². The van der Waals surface area contributed by atoms with E-state index in [2.05, 4.69) is 20.5 Å². The predicted molar refractivity (Wildman–Crippen MR) is 119 cm³/mol. The molecule has 0 radical (unpaired) electrons. The molecule has 170 valence electrons. The van der Waals surface area contributed by atoms with E-state index >= 15 is 0 Å². The van der Waals surface area contributed by atoms with Crippen molar-refractivity contribution >= 4 is 29.2 Å². The molecular weight excluding hydrogens is 417 g/mol. The fraction of sp³-hybridized carbons (Fsp3) is 0.391. The lowest BCUT2D eigenvalue weighted by Crippen LogP contribution is -2.44. The number of amides is 2. The van der Waals surface area contributed by atoms with Gasteiger partial charge in [-0.05, 0) is 43.7 Å². The summed E-state index contributed by atoms with van der Waals surface area (Å²) in [5, 5.41) is 15.8. The second-order valence-electron chi connectivity index (χ2n) is 8.14. The van der Waals surface area contributed by atoms with Gasteiger partial charge in [-0.15, -0.1) is 0 Å². The number of nitrogens with zero attached hydrogens (tertiary/aromatic N) is 1. The molecule has 3 heterocycles. The number of β-amino-alcohol motifs (C(OH)–C–C–N with tert-alkyl or cyclic N) is 1. The number of carbonyl (C=O) groups is 2. The average Bonchev–Trinajstić information content (AvgIpc) is 3.22. The van der Waals surface area contributed by atoms with Crippen molar-refractivity contribution in [3.05, 3.63) is 52.1 Å². The van der Waals surface area contributed by atoms with E-state index in [1.165, 1.54) is 18.2 Å². The highest BCUT2D eigenvalue weighted by Crippen LogP contribution is 2.34. The van der Waals surface area contributed by atoms with Gasteiger partial charge in [0.15, 0.2) is 0 Å². The van der Waals surface area contributed by atoms with E-state index < -0.39 is 11.9 Å². The molecule has 32 heavy (non-hydrogen) atoms. The third-order valence-electron chi connectivity index (χ3n) is 5.83. The zero-order valence-electron chi connectivity index (χ0n) is 18.1. The molecule has 1 aromatic heterocycles. The van der Waals surface area contributed by atoms with Crippen molar-refractivity contribution < 1.29 is 23.8 Å². The summed E-state index contributed by atoms with van der Waals surface area (Å²) in [5.74, 6) is -1.06. The number of carbonyl (C=O) groups excluding carboxylic acids is 2. The summed E-state index contributed by atoms with van der Waals surface area (Å²) in [5.41, 5.74) is 3.75. The Balaban J connectivity index is 1.47.